The second kappa shape index (κ2) is 6.33. The van der Waals surface area contributed by atoms with E-state index in [0.717, 1.165) is 4.90 Å². The minimum atomic E-state index is -3.92. The maximum absolute atomic E-state index is 12.6. The van der Waals surface area contributed by atoms with Gasteiger partial charge in [-0.25, -0.2) is 0 Å². The van der Waals surface area contributed by atoms with Gasteiger partial charge >= 0.3 is 0 Å². The number of piperidine rings is 1. The van der Waals surface area contributed by atoms with Gasteiger partial charge in [0.2, 0.25) is 13.5 Å². The van der Waals surface area contributed by atoms with Gasteiger partial charge in [-0.2, -0.15) is 0 Å². The highest BCUT2D eigenvalue weighted by Gasteiger charge is 2.47. The predicted molar refractivity (Wildman–Crippen MR) is 90.7 cm³/mol. The fourth-order valence-corrected chi connectivity index (χ4v) is 3.26. The highest BCUT2D eigenvalue weighted by atomic mass is 31.2. The van der Waals surface area contributed by atoms with Gasteiger partial charge in [-0.1, -0.05) is 6.07 Å². The van der Waals surface area contributed by atoms with Crippen molar-refractivity contribution >= 4 is 43.2 Å². The number of carbonyl (C=O) groups excluding carboxylic acids is 4. The Labute approximate surface area is 148 Å². The van der Waals surface area contributed by atoms with E-state index in [9.17, 15) is 29.0 Å². The van der Waals surface area contributed by atoms with E-state index in [0.29, 0.717) is 4.90 Å². The number of hydrogen-bond donors (Lipinski definition) is 3. The van der Waals surface area contributed by atoms with Gasteiger partial charge in [0.25, 0.3) is 17.7 Å². The summed E-state index contributed by atoms with van der Waals surface area (Å²) in [7, 11) is -3.92. The summed E-state index contributed by atoms with van der Waals surface area (Å²) in [6, 6.07) is 3.22. The summed E-state index contributed by atoms with van der Waals surface area (Å²) in [5, 5.41) is 0. The van der Waals surface area contributed by atoms with E-state index < -0.39 is 44.0 Å². The molecule has 1 atom stereocenters. The number of amides is 4. The molecule has 2 aliphatic rings. The summed E-state index contributed by atoms with van der Waals surface area (Å²) in [6.45, 7) is -0.732. The van der Waals surface area contributed by atoms with Crippen LogP contribution in [0.2, 0.25) is 0 Å². The molecule has 138 valence electrons. The second-order valence-corrected chi connectivity index (χ2v) is 7.48. The van der Waals surface area contributed by atoms with Crippen molar-refractivity contribution in [3.8, 4) is 0 Å². The van der Waals surface area contributed by atoms with E-state index >= 15 is 0 Å². The summed E-state index contributed by atoms with van der Waals surface area (Å²) in [5.74, 6) is -2.84. The van der Waals surface area contributed by atoms with Gasteiger partial charge in [0.1, 0.15) is 12.8 Å². The minimum absolute atomic E-state index is 0.0263. The molecule has 4 amide bonds. The van der Waals surface area contributed by atoms with Crippen molar-refractivity contribution in [3.63, 3.8) is 0 Å². The Morgan fingerprint density at radius 1 is 1.23 bits per heavy atom. The van der Waals surface area contributed by atoms with E-state index in [4.69, 9.17) is 5.73 Å². The zero-order chi connectivity index (χ0) is 19.2. The summed E-state index contributed by atoms with van der Waals surface area (Å²) in [6.07, 6.45) is 2.82. The lowest BCUT2D eigenvalue weighted by atomic mass is 10.0. The molecule has 11 heteroatoms. The van der Waals surface area contributed by atoms with Gasteiger partial charge in [-0.05, 0) is 24.9 Å². The molecule has 10 nitrogen and oxygen atoms in total. The molecule has 2 heterocycles. The molecule has 4 N–H and O–H groups in total. The third-order valence-corrected chi connectivity index (χ3v) is 4.70. The first-order valence-electron chi connectivity index (χ1n) is 7.56. The van der Waals surface area contributed by atoms with Crippen LogP contribution in [-0.2, 0) is 14.1 Å². The summed E-state index contributed by atoms with van der Waals surface area (Å²) in [5.41, 5.74) is 6.01. The van der Waals surface area contributed by atoms with Gasteiger partial charge in [0, 0.05) is 12.1 Å². The highest BCUT2D eigenvalue weighted by Crippen LogP contribution is 2.36. The number of rotatable bonds is 4. The highest BCUT2D eigenvalue weighted by molar-refractivity contribution is 7.57. The van der Waals surface area contributed by atoms with Crippen LogP contribution in [-0.4, -0.2) is 62.3 Å². The third-order valence-electron chi connectivity index (χ3n) is 4.17. The summed E-state index contributed by atoms with van der Waals surface area (Å²) >= 11 is 0. The maximum Gasteiger partial charge on any atom is 0.264 e. The van der Waals surface area contributed by atoms with Crippen molar-refractivity contribution in [2.75, 3.05) is 12.5 Å². The van der Waals surface area contributed by atoms with E-state index in [1.54, 1.807) is 0 Å². The fourth-order valence-electron chi connectivity index (χ4n) is 2.96. The van der Waals surface area contributed by atoms with Gasteiger partial charge < -0.3 is 15.5 Å². The van der Waals surface area contributed by atoms with Crippen LogP contribution in [0.25, 0.3) is 0 Å². The van der Waals surface area contributed by atoms with Crippen molar-refractivity contribution in [1.29, 1.82) is 0 Å². The lowest BCUT2D eigenvalue weighted by Gasteiger charge is -2.34. The number of nitrogens with zero attached hydrogens (tertiary/aromatic N) is 2. The molecule has 1 fully saturated rings. The predicted octanol–water partition coefficient (Wildman–Crippen LogP) is -0.464. The summed E-state index contributed by atoms with van der Waals surface area (Å²) < 4.78 is 4.64. The molecule has 0 spiro atoms. The average molecular weight is 381 g/mol. The van der Waals surface area contributed by atoms with Crippen LogP contribution >= 0.6 is 7.57 Å². The van der Waals surface area contributed by atoms with Crippen molar-refractivity contribution < 1.29 is 33.5 Å². The summed E-state index contributed by atoms with van der Waals surface area (Å²) in [4.78, 5) is 69.6. The Bertz CT molecular complexity index is 878. The van der Waals surface area contributed by atoms with Crippen LogP contribution in [0.4, 0.5) is 5.69 Å². The molecule has 0 saturated carbocycles. The number of likely N-dealkylation sites (tertiary alicyclic amines) is 1. The zero-order valence-electron chi connectivity index (χ0n) is 13.5. The molecule has 0 aromatic heterocycles. The van der Waals surface area contributed by atoms with Crippen molar-refractivity contribution in [2.24, 2.45) is 0 Å². The van der Waals surface area contributed by atoms with Gasteiger partial charge in [-0.15, -0.1) is 0 Å². The largest absolute Gasteiger partial charge is 0.398 e. The van der Waals surface area contributed by atoms with Crippen LogP contribution in [0.1, 0.15) is 33.6 Å². The zero-order valence-corrected chi connectivity index (χ0v) is 14.4. The molecule has 3 rings (SSSR count). The monoisotopic (exact) mass is 381 g/mol. The maximum atomic E-state index is 12.6. The molecule has 1 aromatic rings. The van der Waals surface area contributed by atoms with Crippen molar-refractivity contribution in [1.82, 2.24) is 9.80 Å². The normalized spacial score (nSPS) is 20.8. The Kier molecular flexibility index (Phi) is 4.45. The standard InChI is InChI=1S/C15H16N3O7P/c1-26(23,24)25-7-17-11(19)6-5-10(14(17)21)18-13(20)8-3-2-4-9(16)12(8)15(18)22/h2-4,10,23-24H,1,5-7,16H2. The molecular formula is C15H16N3O7P. The quantitative estimate of drug-likeness (QED) is 0.360. The van der Waals surface area contributed by atoms with E-state index in [2.05, 4.69) is 10.8 Å². The van der Waals surface area contributed by atoms with Crippen LogP contribution in [0.15, 0.2) is 18.2 Å². The van der Waals surface area contributed by atoms with Gasteiger partial charge in [0.15, 0.2) is 0 Å². The molecule has 2 aliphatic heterocycles. The Hall–Kier alpha value is -2.52. The number of carbonyl (C=O) groups is 4. The lowest BCUT2D eigenvalue weighted by molar-refractivity contribution is -0.155. The Morgan fingerprint density at radius 3 is 2.54 bits per heavy atom. The van der Waals surface area contributed by atoms with E-state index in [1.165, 1.54) is 18.2 Å². The van der Waals surface area contributed by atoms with Crippen LogP contribution < -0.4 is 5.73 Å². The van der Waals surface area contributed by atoms with Crippen molar-refractivity contribution in [3.05, 3.63) is 29.3 Å². The first-order valence-corrected chi connectivity index (χ1v) is 9.35. The van der Waals surface area contributed by atoms with Crippen LogP contribution in [0.5, 0.6) is 0 Å². The molecule has 1 unspecified atom stereocenters. The average Bonchev–Trinajstić information content (AvgIpc) is 2.79. The third kappa shape index (κ3) is 3.04. The van der Waals surface area contributed by atoms with Crippen LogP contribution in [0, 0.1) is 0 Å². The molecule has 0 aliphatic carbocycles. The first kappa shape index (κ1) is 18.3. The number of benzene rings is 1. The fraction of sp³-hybridized carbons (Fsp3) is 0.267. The second-order valence-electron chi connectivity index (χ2n) is 5.89. The molecule has 0 bridgehead atoms. The smallest absolute Gasteiger partial charge is 0.264 e. The molecule has 0 radical (unpaired) electrons. The molecule has 26 heavy (non-hydrogen) atoms. The number of fused-ring (bicyclic) bond motifs is 1. The number of nitrogens with two attached hydrogens (primary N) is 1. The lowest BCUT2D eigenvalue weighted by Crippen LogP contribution is -2.56. The van der Waals surface area contributed by atoms with E-state index in [1.807, 2.05) is 0 Å². The van der Waals surface area contributed by atoms with E-state index in [-0.39, 0.29) is 29.7 Å². The van der Waals surface area contributed by atoms with Crippen LogP contribution in [0.3, 0.4) is 0 Å². The first-order chi connectivity index (χ1) is 12.1. The number of nitrogen functional groups attached to an aromatic ring is 1. The SMILES string of the molecule is C=P(O)(O)OCN1C(=O)CCC(N2C(=O)c3cccc(N)c3C2=O)C1=O. The number of anilines is 1. The molecule has 1 saturated heterocycles. The van der Waals surface area contributed by atoms with Gasteiger partial charge in [0.05, 0.1) is 11.1 Å². The number of hydrogen-bond acceptors (Lipinski definition) is 8. The van der Waals surface area contributed by atoms with Crippen molar-refractivity contribution in [2.45, 2.75) is 18.9 Å². The minimum Gasteiger partial charge on any atom is -0.398 e. The molecular weight excluding hydrogens is 365 g/mol. The topological polar surface area (TPSA) is 150 Å². The number of imide groups is 2. The van der Waals surface area contributed by atoms with Gasteiger partial charge in [-0.3, -0.25) is 33.5 Å². The Balaban J connectivity index is 1.88. The Morgan fingerprint density at radius 2 is 1.92 bits per heavy atom. The molecule has 1 aromatic carbocycles.